The van der Waals surface area contributed by atoms with E-state index in [1.807, 2.05) is 24.3 Å². The topological polar surface area (TPSA) is 47.0 Å². The summed E-state index contributed by atoms with van der Waals surface area (Å²) in [5.74, 6) is 0. The first kappa shape index (κ1) is 16.2. The lowest BCUT2D eigenvalue weighted by Gasteiger charge is -2.29. The van der Waals surface area contributed by atoms with Crippen LogP contribution < -0.4 is 5.56 Å². The van der Waals surface area contributed by atoms with E-state index >= 15 is 0 Å². The molecule has 4 rings (SSSR count). The maximum atomic E-state index is 13.2. The molecule has 0 aliphatic carbocycles. The van der Waals surface area contributed by atoms with Gasteiger partial charge in [0, 0.05) is 15.8 Å². The minimum absolute atomic E-state index is 0.0675. The molecule has 0 saturated heterocycles. The van der Waals surface area contributed by atoms with Gasteiger partial charge < -0.3 is 9.72 Å². The average molecular weight is 423 g/mol. The van der Waals surface area contributed by atoms with Crippen LogP contribution in [-0.2, 0) is 17.8 Å². The first-order valence-electron chi connectivity index (χ1n) is 7.55. The van der Waals surface area contributed by atoms with E-state index in [0.717, 1.165) is 37.2 Å². The summed E-state index contributed by atoms with van der Waals surface area (Å²) in [5.41, 5.74) is 1.51. The number of halogens is 1. The van der Waals surface area contributed by atoms with Crippen molar-refractivity contribution in [2.45, 2.75) is 32.5 Å². The first-order chi connectivity index (χ1) is 11.4. The van der Waals surface area contributed by atoms with Crippen LogP contribution in [0.3, 0.4) is 0 Å². The zero-order chi connectivity index (χ0) is 17.1. The Morgan fingerprint density at radius 1 is 1.42 bits per heavy atom. The van der Waals surface area contributed by atoms with Crippen LogP contribution in [0.15, 0.2) is 33.5 Å². The fourth-order valence-corrected chi connectivity index (χ4v) is 4.94. The maximum absolute atomic E-state index is 13.2. The fourth-order valence-electron chi connectivity index (χ4n) is 3.07. The van der Waals surface area contributed by atoms with Crippen molar-refractivity contribution in [3.63, 3.8) is 0 Å². The molecule has 1 aromatic carbocycles. The van der Waals surface area contributed by atoms with Crippen molar-refractivity contribution in [1.29, 1.82) is 0 Å². The zero-order valence-corrected chi connectivity index (χ0v) is 16.4. The van der Waals surface area contributed by atoms with E-state index < -0.39 is 0 Å². The Morgan fingerprint density at radius 3 is 2.96 bits per heavy atom. The molecule has 2 aromatic heterocycles. The Kier molecular flexibility index (Phi) is 3.80. The largest absolute Gasteiger partial charge is 0.370 e. The van der Waals surface area contributed by atoms with Gasteiger partial charge in [-0.15, -0.1) is 11.3 Å². The average Bonchev–Trinajstić information content (AvgIpc) is 2.83. The molecule has 0 fully saturated rings. The Morgan fingerprint density at radius 2 is 2.21 bits per heavy atom. The van der Waals surface area contributed by atoms with Gasteiger partial charge in [-0.1, -0.05) is 22.0 Å². The van der Waals surface area contributed by atoms with E-state index in [0.29, 0.717) is 11.4 Å². The van der Waals surface area contributed by atoms with Crippen LogP contribution >= 0.6 is 39.5 Å². The summed E-state index contributed by atoms with van der Waals surface area (Å²) in [6.07, 6.45) is 0.723. The van der Waals surface area contributed by atoms with E-state index in [1.54, 1.807) is 15.9 Å². The summed E-state index contributed by atoms with van der Waals surface area (Å²) < 4.78 is 8.76. The molecule has 124 valence electrons. The molecule has 0 spiro atoms. The molecule has 4 nitrogen and oxygen atoms in total. The van der Waals surface area contributed by atoms with E-state index in [2.05, 4.69) is 34.8 Å². The highest BCUT2D eigenvalue weighted by atomic mass is 79.9. The predicted molar refractivity (Wildman–Crippen MR) is 103 cm³/mol. The molecule has 0 bridgehead atoms. The summed E-state index contributed by atoms with van der Waals surface area (Å²) in [6, 6.07) is 7.59. The van der Waals surface area contributed by atoms with Crippen LogP contribution in [-0.4, -0.2) is 15.2 Å². The molecule has 3 aromatic rings. The van der Waals surface area contributed by atoms with Crippen LogP contribution in [0.1, 0.15) is 24.3 Å². The number of nitrogens with zero attached hydrogens (tertiary/aromatic N) is 1. The second-order valence-corrected chi connectivity index (χ2v) is 8.89. The van der Waals surface area contributed by atoms with Crippen LogP contribution in [0.2, 0.25) is 0 Å². The Balaban J connectivity index is 2.04. The molecular weight excluding hydrogens is 408 g/mol. The lowest BCUT2D eigenvalue weighted by Crippen LogP contribution is -2.32. The van der Waals surface area contributed by atoms with Crippen molar-refractivity contribution < 1.29 is 4.74 Å². The number of aromatic nitrogens is 2. The van der Waals surface area contributed by atoms with Crippen molar-refractivity contribution in [2.24, 2.45) is 0 Å². The van der Waals surface area contributed by atoms with Gasteiger partial charge >= 0.3 is 0 Å². The molecule has 0 amide bonds. The summed E-state index contributed by atoms with van der Waals surface area (Å²) in [6.45, 7) is 4.65. The number of H-pyrrole nitrogens is 1. The highest BCUT2D eigenvalue weighted by Gasteiger charge is 2.30. The molecule has 0 saturated carbocycles. The normalized spacial score (nSPS) is 16.3. The van der Waals surface area contributed by atoms with Gasteiger partial charge in [0.2, 0.25) is 0 Å². The smallest absolute Gasteiger partial charge is 0.267 e. The van der Waals surface area contributed by atoms with E-state index in [9.17, 15) is 4.79 Å². The summed E-state index contributed by atoms with van der Waals surface area (Å²) >= 11 is 10.5. The number of hydrogen-bond donors (Lipinski definition) is 1. The van der Waals surface area contributed by atoms with Crippen molar-refractivity contribution in [3.05, 3.63) is 54.3 Å². The number of benzene rings is 1. The quantitative estimate of drug-likeness (QED) is 0.576. The van der Waals surface area contributed by atoms with Gasteiger partial charge in [0.15, 0.2) is 4.77 Å². The minimum atomic E-state index is -0.263. The lowest BCUT2D eigenvalue weighted by atomic mass is 9.94. The molecule has 3 heterocycles. The number of hydrogen-bond acceptors (Lipinski definition) is 4. The number of thiophene rings is 1. The molecule has 0 atom stereocenters. The van der Waals surface area contributed by atoms with Gasteiger partial charge in [-0.3, -0.25) is 9.36 Å². The summed E-state index contributed by atoms with van der Waals surface area (Å²) in [7, 11) is 0. The monoisotopic (exact) mass is 422 g/mol. The molecule has 7 heteroatoms. The third-order valence-electron chi connectivity index (χ3n) is 4.19. The van der Waals surface area contributed by atoms with Gasteiger partial charge in [-0.2, -0.15) is 0 Å². The standard InChI is InChI=1S/C17H15BrN2O2S2/c1-17(2)7-11-12(8-22-17)24-14-13(11)15(21)20(16(23)19-14)10-5-3-4-9(18)6-10/h3-6H,7-8H2,1-2H3,(H,19,23). The van der Waals surface area contributed by atoms with E-state index in [-0.39, 0.29) is 11.2 Å². The van der Waals surface area contributed by atoms with Crippen molar-refractivity contribution in [1.82, 2.24) is 9.55 Å². The van der Waals surface area contributed by atoms with Gasteiger partial charge in [-0.05, 0) is 49.8 Å². The molecule has 0 radical (unpaired) electrons. The van der Waals surface area contributed by atoms with Gasteiger partial charge in [-0.25, -0.2) is 0 Å². The molecule has 1 aliphatic heterocycles. The van der Waals surface area contributed by atoms with Crippen molar-refractivity contribution in [2.75, 3.05) is 0 Å². The Bertz CT molecular complexity index is 1080. The minimum Gasteiger partial charge on any atom is -0.370 e. The maximum Gasteiger partial charge on any atom is 0.267 e. The summed E-state index contributed by atoms with van der Waals surface area (Å²) in [4.78, 5) is 18.4. The Labute approximate surface area is 156 Å². The van der Waals surface area contributed by atoms with Crippen LogP contribution in [0.25, 0.3) is 15.9 Å². The molecule has 24 heavy (non-hydrogen) atoms. The van der Waals surface area contributed by atoms with Crippen LogP contribution in [0, 0.1) is 4.77 Å². The molecule has 1 N–H and O–H groups in total. The van der Waals surface area contributed by atoms with Crippen molar-refractivity contribution >= 4 is 49.7 Å². The second-order valence-electron chi connectivity index (χ2n) is 6.48. The highest BCUT2D eigenvalue weighted by Crippen LogP contribution is 2.36. The molecule has 0 unspecified atom stereocenters. The van der Waals surface area contributed by atoms with Crippen LogP contribution in [0.5, 0.6) is 0 Å². The number of fused-ring (bicyclic) bond motifs is 3. The number of nitrogens with one attached hydrogen (secondary N) is 1. The number of rotatable bonds is 1. The first-order valence-corrected chi connectivity index (χ1v) is 9.57. The highest BCUT2D eigenvalue weighted by molar-refractivity contribution is 9.10. The molecular formula is C17H15BrN2O2S2. The van der Waals surface area contributed by atoms with E-state index in [1.165, 1.54) is 0 Å². The van der Waals surface area contributed by atoms with E-state index in [4.69, 9.17) is 17.0 Å². The molecule has 1 aliphatic rings. The fraction of sp³-hybridized carbons (Fsp3) is 0.294. The van der Waals surface area contributed by atoms with Crippen LogP contribution in [0.4, 0.5) is 0 Å². The number of ether oxygens (including phenoxy) is 1. The third-order valence-corrected chi connectivity index (χ3v) is 6.09. The van der Waals surface area contributed by atoms with Gasteiger partial charge in [0.1, 0.15) is 4.83 Å². The Hall–Kier alpha value is -1.28. The third kappa shape index (κ3) is 2.60. The van der Waals surface area contributed by atoms with Crippen molar-refractivity contribution in [3.8, 4) is 5.69 Å². The number of aromatic amines is 1. The SMILES string of the molecule is CC1(C)Cc2c(sc3[nH]c(=S)n(-c4cccc(Br)c4)c(=O)c23)CO1. The van der Waals surface area contributed by atoms with Gasteiger partial charge in [0.05, 0.1) is 23.3 Å². The predicted octanol–water partition coefficient (Wildman–Crippen LogP) is 4.72. The summed E-state index contributed by atoms with van der Waals surface area (Å²) in [5, 5.41) is 0.736. The second kappa shape index (κ2) is 5.62. The lowest BCUT2D eigenvalue weighted by molar-refractivity contribution is -0.0379. The zero-order valence-electron chi connectivity index (χ0n) is 13.2. The van der Waals surface area contributed by atoms with Gasteiger partial charge in [0.25, 0.3) is 5.56 Å².